The van der Waals surface area contributed by atoms with E-state index in [-0.39, 0.29) is 6.04 Å². The number of halogens is 1. The van der Waals surface area contributed by atoms with Crippen LogP contribution in [-0.2, 0) is 0 Å². The van der Waals surface area contributed by atoms with Gasteiger partial charge in [-0.25, -0.2) is 0 Å². The lowest BCUT2D eigenvalue weighted by atomic mass is 10.2. The molecule has 0 radical (unpaired) electrons. The molecule has 0 saturated heterocycles. The van der Waals surface area contributed by atoms with Crippen molar-refractivity contribution in [3.8, 4) is 0 Å². The molecule has 0 fully saturated rings. The molecule has 0 amide bonds. The Labute approximate surface area is 130 Å². The van der Waals surface area contributed by atoms with Crippen molar-refractivity contribution in [2.24, 2.45) is 0 Å². The lowest BCUT2D eigenvalue weighted by Gasteiger charge is -2.17. The van der Waals surface area contributed by atoms with Crippen LogP contribution >= 0.6 is 27.3 Å². The Balaban J connectivity index is 1.80. The molecular formula is C16H16BrNOS. The summed E-state index contributed by atoms with van der Waals surface area (Å²) in [6.07, 6.45) is 0. The highest BCUT2D eigenvalue weighted by atomic mass is 79.9. The monoisotopic (exact) mass is 349 g/mol. The van der Waals surface area contributed by atoms with E-state index in [9.17, 15) is 0 Å². The maximum Gasteiger partial charge on any atom is 0.134 e. The fourth-order valence-corrected chi connectivity index (χ4v) is 3.45. The standard InChI is InChI=1S/C16H16BrNOS/c1-10(18-11(2)16-4-3-7-20-16)15-9-12-8-13(17)5-6-14(12)19-15/h3-11,18H,1-2H3/t10?,11-/m0/s1. The van der Waals surface area contributed by atoms with Gasteiger partial charge in [-0.2, -0.15) is 0 Å². The molecule has 0 aliphatic carbocycles. The molecule has 0 aliphatic rings. The SMILES string of the molecule is CC(N[C@@H](C)c1cccs1)c1cc2cc(Br)ccc2o1. The molecule has 104 valence electrons. The van der Waals surface area contributed by atoms with Crippen molar-refractivity contribution in [1.82, 2.24) is 5.32 Å². The summed E-state index contributed by atoms with van der Waals surface area (Å²) in [5.74, 6) is 0.974. The highest BCUT2D eigenvalue weighted by Crippen LogP contribution is 2.28. The average Bonchev–Trinajstić information content (AvgIpc) is 3.07. The van der Waals surface area contributed by atoms with Gasteiger partial charge in [0.25, 0.3) is 0 Å². The zero-order valence-electron chi connectivity index (χ0n) is 11.4. The van der Waals surface area contributed by atoms with E-state index in [1.807, 2.05) is 12.1 Å². The van der Waals surface area contributed by atoms with E-state index in [0.717, 1.165) is 21.2 Å². The Kier molecular flexibility index (Phi) is 3.96. The Hall–Kier alpha value is -1.10. The molecule has 0 saturated carbocycles. The van der Waals surface area contributed by atoms with Crippen molar-refractivity contribution in [3.05, 3.63) is 56.9 Å². The van der Waals surface area contributed by atoms with Gasteiger partial charge >= 0.3 is 0 Å². The topological polar surface area (TPSA) is 25.2 Å². The van der Waals surface area contributed by atoms with Crippen LogP contribution in [0.15, 0.2) is 50.7 Å². The molecule has 3 rings (SSSR count). The summed E-state index contributed by atoms with van der Waals surface area (Å²) in [4.78, 5) is 1.34. The summed E-state index contributed by atoms with van der Waals surface area (Å²) in [5.41, 5.74) is 0.931. The van der Waals surface area contributed by atoms with E-state index >= 15 is 0 Å². The molecule has 2 heterocycles. The summed E-state index contributed by atoms with van der Waals surface area (Å²) in [7, 11) is 0. The number of fused-ring (bicyclic) bond motifs is 1. The Morgan fingerprint density at radius 3 is 2.75 bits per heavy atom. The predicted octanol–water partition coefficient (Wildman–Crippen LogP) is 5.67. The summed E-state index contributed by atoms with van der Waals surface area (Å²) >= 11 is 5.27. The quantitative estimate of drug-likeness (QED) is 0.656. The number of hydrogen-bond donors (Lipinski definition) is 1. The van der Waals surface area contributed by atoms with E-state index in [4.69, 9.17) is 4.42 Å². The van der Waals surface area contributed by atoms with Crippen molar-refractivity contribution in [3.63, 3.8) is 0 Å². The molecular weight excluding hydrogens is 334 g/mol. The first-order chi connectivity index (χ1) is 9.63. The van der Waals surface area contributed by atoms with E-state index in [1.165, 1.54) is 4.88 Å². The number of nitrogens with one attached hydrogen (secondary N) is 1. The first-order valence-corrected chi connectivity index (χ1v) is 8.29. The first kappa shape index (κ1) is 13.9. The van der Waals surface area contributed by atoms with Crippen LogP contribution in [0.2, 0.25) is 0 Å². The molecule has 0 spiro atoms. The third kappa shape index (κ3) is 2.82. The molecule has 2 nitrogen and oxygen atoms in total. The number of rotatable bonds is 4. The molecule has 1 unspecified atom stereocenters. The van der Waals surface area contributed by atoms with Crippen molar-refractivity contribution >= 4 is 38.2 Å². The van der Waals surface area contributed by atoms with Gasteiger partial charge in [-0.15, -0.1) is 11.3 Å². The second-order valence-electron chi connectivity index (χ2n) is 4.96. The van der Waals surface area contributed by atoms with Gasteiger partial charge in [0.1, 0.15) is 11.3 Å². The van der Waals surface area contributed by atoms with Crippen LogP contribution in [0.4, 0.5) is 0 Å². The van der Waals surface area contributed by atoms with E-state index in [1.54, 1.807) is 11.3 Å². The van der Waals surface area contributed by atoms with Gasteiger partial charge < -0.3 is 9.73 Å². The maximum atomic E-state index is 5.92. The van der Waals surface area contributed by atoms with Gasteiger partial charge in [0.2, 0.25) is 0 Å². The van der Waals surface area contributed by atoms with Crippen LogP contribution in [0.25, 0.3) is 11.0 Å². The highest BCUT2D eigenvalue weighted by Gasteiger charge is 2.15. The molecule has 20 heavy (non-hydrogen) atoms. The Bertz CT molecular complexity index is 704. The average molecular weight is 350 g/mol. The molecule has 2 aromatic heterocycles. The highest BCUT2D eigenvalue weighted by molar-refractivity contribution is 9.10. The summed E-state index contributed by atoms with van der Waals surface area (Å²) < 4.78 is 7.00. The third-order valence-corrected chi connectivity index (χ3v) is 4.94. The summed E-state index contributed by atoms with van der Waals surface area (Å²) in [6.45, 7) is 4.32. The lowest BCUT2D eigenvalue weighted by Crippen LogP contribution is -2.21. The fraction of sp³-hybridized carbons (Fsp3) is 0.250. The van der Waals surface area contributed by atoms with Gasteiger partial charge in [0.05, 0.1) is 6.04 Å². The van der Waals surface area contributed by atoms with Crippen LogP contribution in [0.3, 0.4) is 0 Å². The minimum atomic E-state index is 0.179. The second kappa shape index (κ2) is 5.72. The van der Waals surface area contributed by atoms with Crippen molar-refractivity contribution in [1.29, 1.82) is 0 Å². The molecule has 1 aromatic carbocycles. The molecule has 0 bridgehead atoms. The first-order valence-electron chi connectivity index (χ1n) is 6.62. The normalized spacial score (nSPS) is 14.6. The largest absolute Gasteiger partial charge is 0.459 e. The molecule has 3 aromatic rings. The second-order valence-corrected chi connectivity index (χ2v) is 6.85. The Morgan fingerprint density at radius 1 is 1.15 bits per heavy atom. The zero-order chi connectivity index (χ0) is 14.1. The Morgan fingerprint density at radius 2 is 2.00 bits per heavy atom. The van der Waals surface area contributed by atoms with Gasteiger partial charge in [0, 0.05) is 20.8 Å². The predicted molar refractivity (Wildman–Crippen MR) is 88.2 cm³/mol. The minimum absolute atomic E-state index is 0.179. The zero-order valence-corrected chi connectivity index (χ0v) is 13.8. The summed E-state index contributed by atoms with van der Waals surface area (Å²) in [5, 5.41) is 6.82. The third-order valence-electron chi connectivity index (χ3n) is 3.39. The number of furan rings is 1. The molecule has 1 N–H and O–H groups in total. The van der Waals surface area contributed by atoms with E-state index in [0.29, 0.717) is 6.04 Å². The van der Waals surface area contributed by atoms with Crippen molar-refractivity contribution < 1.29 is 4.42 Å². The van der Waals surface area contributed by atoms with Crippen molar-refractivity contribution in [2.45, 2.75) is 25.9 Å². The van der Waals surface area contributed by atoms with E-state index in [2.05, 4.69) is 64.7 Å². The van der Waals surface area contributed by atoms with Gasteiger partial charge in [-0.3, -0.25) is 0 Å². The number of thiophene rings is 1. The van der Waals surface area contributed by atoms with Crippen molar-refractivity contribution in [2.75, 3.05) is 0 Å². The maximum absolute atomic E-state index is 5.92. The number of benzene rings is 1. The smallest absolute Gasteiger partial charge is 0.134 e. The number of hydrogen-bond acceptors (Lipinski definition) is 3. The van der Waals surface area contributed by atoms with Crippen LogP contribution in [0.5, 0.6) is 0 Å². The van der Waals surface area contributed by atoms with Crippen LogP contribution in [-0.4, -0.2) is 0 Å². The van der Waals surface area contributed by atoms with Gasteiger partial charge in [-0.05, 0) is 49.6 Å². The molecule has 0 aliphatic heterocycles. The molecule has 4 heteroatoms. The van der Waals surface area contributed by atoms with E-state index < -0.39 is 0 Å². The van der Waals surface area contributed by atoms with Gasteiger partial charge in [0.15, 0.2) is 0 Å². The molecule has 2 atom stereocenters. The van der Waals surface area contributed by atoms with Crippen LogP contribution in [0, 0.1) is 0 Å². The fourth-order valence-electron chi connectivity index (χ4n) is 2.33. The van der Waals surface area contributed by atoms with Crippen LogP contribution in [0.1, 0.15) is 36.6 Å². The lowest BCUT2D eigenvalue weighted by molar-refractivity contribution is 0.420. The minimum Gasteiger partial charge on any atom is -0.459 e. The van der Waals surface area contributed by atoms with Gasteiger partial charge in [-0.1, -0.05) is 22.0 Å². The summed E-state index contributed by atoms with van der Waals surface area (Å²) in [6, 6.07) is 12.9. The van der Waals surface area contributed by atoms with Crippen LogP contribution < -0.4 is 5.32 Å².